The number of likely N-dealkylation sites (tertiary alicyclic amines) is 1. The average Bonchev–Trinajstić information content (AvgIpc) is 3.04. The van der Waals surface area contributed by atoms with E-state index < -0.39 is 17.1 Å². The van der Waals surface area contributed by atoms with Gasteiger partial charge in [-0.2, -0.15) is 0 Å². The van der Waals surface area contributed by atoms with Crippen molar-refractivity contribution in [1.82, 2.24) is 4.90 Å². The van der Waals surface area contributed by atoms with E-state index >= 15 is 0 Å². The van der Waals surface area contributed by atoms with E-state index in [-0.39, 0.29) is 17.6 Å². The topological polar surface area (TPSA) is 59.0 Å². The standard InChI is InChI=1S/C24H33NO4/c1-4-11-25-12-10-23-20-16-5-6-17(26)21(20)29-22(23)18(27)7-9-24(23,19(25)14-16)28-13-8-15(2)3/h5-6,15,19,22,26H,4,7-14H2,1-3H3/t19-,22?,23+,24-/m1/s1. The van der Waals surface area contributed by atoms with E-state index in [1.54, 1.807) is 6.07 Å². The zero-order chi connectivity index (χ0) is 20.4. The molecule has 1 saturated carbocycles. The summed E-state index contributed by atoms with van der Waals surface area (Å²) < 4.78 is 13.2. The molecule has 1 aromatic carbocycles. The van der Waals surface area contributed by atoms with Crippen molar-refractivity contribution in [2.75, 3.05) is 19.7 Å². The van der Waals surface area contributed by atoms with Gasteiger partial charge in [0.15, 0.2) is 23.4 Å². The summed E-state index contributed by atoms with van der Waals surface area (Å²) in [5, 5.41) is 10.6. The van der Waals surface area contributed by atoms with E-state index in [9.17, 15) is 9.90 Å². The number of hydrogen-bond donors (Lipinski definition) is 1. The first-order valence-corrected chi connectivity index (χ1v) is 11.4. The summed E-state index contributed by atoms with van der Waals surface area (Å²) in [4.78, 5) is 15.7. The highest BCUT2D eigenvalue weighted by molar-refractivity contribution is 5.90. The summed E-state index contributed by atoms with van der Waals surface area (Å²) >= 11 is 0. The molecule has 2 fully saturated rings. The SMILES string of the molecule is CCCN1CC[C@]23c4c5ccc(O)c4OC2C(=O)CC[C@@]3(OCCC(C)C)[C@H]1C5. The Hall–Kier alpha value is -1.59. The lowest BCUT2D eigenvalue weighted by Crippen LogP contribution is -2.77. The zero-order valence-corrected chi connectivity index (χ0v) is 17.9. The maximum Gasteiger partial charge on any atom is 0.174 e. The van der Waals surface area contributed by atoms with Crippen LogP contribution in [0.5, 0.6) is 11.5 Å². The second-order valence-electron chi connectivity index (χ2n) is 9.81. The number of phenolic OH excluding ortho intramolecular Hbond substituents is 1. The third-order valence-electron chi connectivity index (χ3n) is 7.89. The molecule has 158 valence electrons. The average molecular weight is 400 g/mol. The molecule has 1 spiro atoms. The van der Waals surface area contributed by atoms with E-state index in [1.807, 2.05) is 6.07 Å². The first-order chi connectivity index (χ1) is 13.9. The Balaban J connectivity index is 1.69. The number of phenols is 1. The molecule has 0 aromatic heterocycles. The molecule has 1 saturated heterocycles. The van der Waals surface area contributed by atoms with Crippen molar-refractivity contribution in [2.24, 2.45) is 5.92 Å². The molecule has 2 aliphatic heterocycles. The molecule has 1 N–H and O–H groups in total. The minimum absolute atomic E-state index is 0.158. The minimum Gasteiger partial charge on any atom is -0.504 e. The summed E-state index contributed by atoms with van der Waals surface area (Å²) in [6, 6.07) is 4.03. The van der Waals surface area contributed by atoms with E-state index in [0.717, 1.165) is 50.8 Å². The number of carbonyl (C=O) groups is 1. The number of Topliss-reactive ketones (excluding diaryl/α,β-unsaturated/α-hetero) is 1. The number of rotatable bonds is 6. The molecular formula is C24H33NO4. The number of aromatic hydroxyl groups is 1. The minimum atomic E-state index is -0.524. The predicted octanol–water partition coefficient (Wildman–Crippen LogP) is 3.60. The number of carbonyl (C=O) groups excluding carboxylic acids is 1. The largest absolute Gasteiger partial charge is 0.504 e. The van der Waals surface area contributed by atoms with Crippen LogP contribution in [0.1, 0.15) is 64.0 Å². The van der Waals surface area contributed by atoms with Crippen LogP contribution in [0.15, 0.2) is 12.1 Å². The maximum atomic E-state index is 13.1. The van der Waals surface area contributed by atoms with Crippen LogP contribution >= 0.6 is 0 Å². The van der Waals surface area contributed by atoms with Gasteiger partial charge < -0.3 is 14.6 Å². The summed E-state index contributed by atoms with van der Waals surface area (Å²) in [7, 11) is 0. The van der Waals surface area contributed by atoms with Gasteiger partial charge in [0.2, 0.25) is 0 Å². The quantitative estimate of drug-likeness (QED) is 0.792. The van der Waals surface area contributed by atoms with Gasteiger partial charge in [0.05, 0.1) is 11.0 Å². The fourth-order valence-electron chi connectivity index (χ4n) is 6.71. The van der Waals surface area contributed by atoms with Crippen LogP contribution < -0.4 is 4.74 Å². The molecule has 1 aromatic rings. The van der Waals surface area contributed by atoms with Gasteiger partial charge in [-0.3, -0.25) is 9.69 Å². The van der Waals surface area contributed by atoms with Crippen molar-refractivity contribution < 1.29 is 19.4 Å². The van der Waals surface area contributed by atoms with Crippen molar-refractivity contribution in [2.45, 2.75) is 82.5 Å². The second-order valence-corrected chi connectivity index (χ2v) is 9.81. The zero-order valence-electron chi connectivity index (χ0n) is 17.9. The Morgan fingerprint density at radius 1 is 1.34 bits per heavy atom. The maximum absolute atomic E-state index is 13.1. The van der Waals surface area contributed by atoms with Crippen LogP contribution in [0.2, 0.25) is 0 Å². The van der Waals surface area contributed by atoms with Gasteiger partial charge in [0.1, 0.15) is 0 Å². The predicted molar refractivity (Wildman–Crippen MR) is 111 cm³/mol. The van der Waals surface area contributed by atoms with E-state index in [4.69, 9.17) is 9.47 Å². The number of hydrogen-bond acceptors (Lipinski definition) is 5. The molecule has 4 aliphatic rings. The molecule has 5 nitrogen and oxygen atoms in total. The smallest absolute Gasteiger partial charge is 0.174 e. The lowest BCUT2D eigenvalue weighted by molar-refractivity contribution is -0.214. The fraction of sp³-hybridized carbons (Fsp3) is 0.708. The number of piperidine rings is 1. The summed E-state index contributed by atoms with van der Waals surface area (Å²) in [6.07, 6.45) is 4.60. The van der Waals surface area contributed by atoms with Gasteiger partial charge >= 0.3 is 0 Å². The molecule has 29 heavy (non-hydrogen) atoms. The van der Waals surface area contributed by atoms with Crippen LogP contribution in [0.3, 0.4) is 0 Å². The number of nitrogens with zero attached hydrogens (tertiary/aromatic N) is 1. The second kappa shape index (κ2) is 6.71. The van der Waals surface area contributed by atoms with Crippen LogP contribution in [-0.4, -0.2) is 53.2 Å². The molecule has 5 heteroatoms. The van der Waals surface area contributed by atoms with Gasteiger partial charge in [0, 0.05) is 24.6 Å². The summed E-state index contributed by atoms with van der Waals surface area (Å²) in [5.74, 6) is 1.44. The summed E-state index contributed by atoms with van der Waals surface area (Å²) in [5.41, 5.74) is 1.42. The molecule has 2 bridgehead atoms. The van der Waals surface area contributed by atoms with Gasteiger partial charge in [0.25, 0.3) is 0 Å². The van der Waals surface area contributed by atoms with Crippen molar-refractivity contribution >= 4 is 5.78 Å². The Bertz CT molecular complexity index is 836. The van der Waals surface area contributed by atoms with Crippen LogP contribution in [0.4, 0.5) is 0 Å². The highest BCUT2D eigenvalue weighted by Crippen LogP contribution is 2.66. The third-order valence-corrected chi connectivity index (χ3v) is 7.89. The monoisotopic (exact) mass is 399 g/mol. The Morgan fingerprint density at radius 3 is 2.93 bits per heavy atom. The normalized spacial score (nSPS) is 35.0. The van der Waals surface area contributed by atoms with E-state index in [1.165, 1.54) is 5.56 Å². The molecule has 2 heterocycles. The van der Waals surface area contributed by atoms with Gasteiger partial charge in [-0.05, 0) is 62.7 Å². The number of ether oxygens (including phenoxy) is 2. The van der Waals surface area contributed by atoms with Gasteiger partial charge in [-0.1, -0.05) is 26.8 Å². The molecule has 4 atom stereocenters. The lowest BCUT2D eigenvalue weighted by atomic mass is 9.48. The van der Waals surface area contributed by atoms with E-state index in [2.05, 4.69) is 25.7 Å². The molecule has 0 amide bonds. The Kier molecular flexibility index (Phi) is 4.48. The lowest BCUT2D eigenvalue weighted by Gasteiger charge is -2.64. The number of benzene rings is 1. The highest BCUT2D eigenvalue weighted by atomic mass is 16.5. The molecular weight excluding hydrogens is 366 g/mol. The fourth-order valence-corrected chi connectivity index (χ4v) is 6.71. The van der Waals surface area contributed by atoms with Crippen LogP contribution in [0, 0.1) is 5.92 Å². The third kappa shape index (κ3) is 2.43. The molecule has 0 radical (unpaired) electrons. The Labute approximate surface area is 173 Å². The van der Waals surface area contributed by atoms with Gasteiger partial charge in [-0.25, -0.2) is 0 Å². The van der Waals surface area contributed by atoms with Crippen LogP contribution in [0.25, 0.3) is 0 Å². The summed E-state index contributed by atoms with van der Waals surface area (Å²) in [6.45, 7) is 9.39. The van der Waals surface area contributed by atoms with E-state index in [0.29, 0.717) is 24.7 Å². The van der Waals surface area contributed by atoms with Crippen molar-refractivity contribution in [3.05, 3.63) is 23.3 Å². The van der Waals surface area contributed by atoms with Crippen LogP contribution in [-0.2, 0) is 21.4 Å². The first-order valence-electron chi connectivity index (χ1n) is 11.4. The van der Waals surface area contributed by atoms with Crippen molar-refractivity contribution in [3.8, 4) is 11.5 Å². The number of ketones is 1. The molecule has 5 rings (SSSR count). The molecule has 2 aliphatic carbocycles. The first kappa shape index (κ1) is 19.4. The highest BCUT2D eigenvalue weighted by Gasteiger charge is 2.74. The Morgan fingerprint density at radius 2 is 2.17 bits per heavy atom. The molecule has 1 unspecified atom stereocenters. The van der Waals surface area contributed by atoms with Crippen molar-refractivity contribution in [3.63, 3.8) is 0 Å². The van der Waals surface area contributed by atoms with Gasteiger partial charge in [-0.15, -0.1) is 0 Å². The van der Waals surface area contributed by atoms with Crippen molar-refractivity contribution in [1.29, 1.82) is 0 Å².